The molecule has 2 aliphatic rings. The number of hydrogen-bond donors (Lipinski definition) is 4. The number of rotatable bonds is 18. The summed E-state index contributed by atoms with van der Waals surface area (Å²) in [5, 5.41) is 37.0. The van der Waals surface area contributed by atoms with E-state index >= 15 is 0 Å². The van der Waals surface area contributed by atoms with E-state index in [4.69, 9.17) is 24.1 Å². The van der Waals surface area contributed by atoms with Crippen molar-refractivity contribution in [3.63, 3.8) is 0 Å². The van der Waals surface area contributed by atoms with E-state index in [0.29, 0.717) is 118 Å². The van der Waals surface area contributed by atoms with Crippen LogP contribution in [0.2, 0.25) is 0 Å². The summed E-state index contributed by atoms with van der Waals surface area (Å²) in [7, 11) is 0. The average molecular weight is 1090 g/mol. The maximum Gasteiger partial charge on any atom is 0.323 e. The van der Waals surface area contributed by atoms with Gasteiger partial charge in [0, 0.05) is 105 Å². The van der Waals surface area contributed by atoms with E-state index in [2.05, 4.69) is 4.90 Å². The molecule has 440 valence electrons. The number of ether oxygens (including phenoxy) is 4. The standard InChI is InChI=1S/C34H64N4O8.C18H32N4O8/c1-14-26(30(42)46-34(11,12)13)38-21-19-36(24-28(40)44-32(5,6)7)17-15-35(23-27(39)43-31(2,3)4)16-18-37(20-22-38)25-29(41)45-33(8,9)10;1-2-14(18(29)30)22-9-7-20(12-16(25)26)5-3-19(11-15(23)24)4-6-21(8-10-22)13-17(27)28/h26H,14-25H2,1-13H3;14H,2-13H2,1H3,(H,23,24)(H,25,26)(H,27,28)(H,29,30)/t26-;14-/m11/s1. The zero-order valence-electron chi connectivity index (χ0n) is 48.4. The van der Waals surface area contributed by atoms with E-state index in [1.54, 1.807) is 26.5 Å². The van der Waals surface area contributed by atoms with Crippen LogP contribution in [-0.2, 0) is 57.3 Å². The van der Waals surface area contributed by atoms with E-state index in [-0.39, 0.29) is 63.1 Å². The number of carboxylic acid groups (broad SMARTS) is 4. The van der Waals surface area contributed by atoms with Crippen LogP contribution in [0.25, 0.3) is 0 Å². The highest BCUT2D eigenvalue weighted by Gasteiger charge is 2.32. The van der Waals surface area contributed by atoms with Gasteiger partial charge in [0.05, 0.1) is 39.3 Å². The molecule has 0 radical (unpaired) electrons. The van der Waals surface area contributed by atoms with E-state index in [1.807, 2.05) is 105 Å². The van der Waals surface area contributed by atoms with Gasteiger partial charge in [-0.1, -0.05) is 13.8 Å². The summed E-state index contributed by atoms with van der Waals surface area (Å²) in [4.78, 5) is 112. The first-order chi connectivity index (χ1) is 35.0. The van der Waals surface area contributed by atoms with Gasteiger partial charge in [0.15, 0.2) is 0 Å². The number of hydrogen-bond acceptors (Lipinski definition) is 20. The molecule has 2 fully saturated rings. The number of carbonyl (C=O) groups is 8. The molecular formula is C52H96N8O16. The zero-order valence-corrected chi connectivity index (χ0v) is 48.4. The fourth-order valence-electron chi connectivity index (χ4n) is 8.45. The maximum absolute atomic E-state index is 13.4. The van der Waals surface area contributed by atoms with Crippen LogP contribution in [0.3, 0.4) is 0 Å². The monoisotopic (exact) mass is 1090 g/mol. The first kappa shape index (κ1) is 69.5. The van der Waals surface area contributed by atoms with E-state index in [0.717, 1.165) is 0 Å². The Kier molecular flexibility index (Phi) is 30.2. The lowest BCUT2D eigenvalue weighted by Gasteiger charge is -2.37. The highest BCUT2D eigenvalue weighted by molar-refractivity contribution is 5.76. The quantitative estimate of drug-likeness (QED) is 0.112. The van der Waals surface area contributed by atoms with Crippen molar-refractivity contribution in [3.8, 4) is 0 Å². The molecule has 2 aliphatic heterocycles. The molecule has 0 aromatic heterocycles. The SMILES string of the molecule is CC[C@H](C(=O)O)N1CCN(CC(=O)O)CCN(CC(=O)O)CCN(CC(=O)O)CC1.CC[C@H](C(=O)OC(C)(C)C)N1CCN(CC(=O)OC(C)(C)C)CCN(CC(=O)OC(C)(C)C)CCN(CC(=O)OC(C)(C)C)CC1. The summed E-state index contributed by atoms with van der Waals surface area (Å²) >= 11 is 0. The van der Waals surface area contributed by atoms with Gasteiger partial charge in [-0.25, -0.2) is 0 Å². The predicted molar refractivity (Wildman–Crippen MR) is 284 cm³/mol. The lowest BCUT2D eigenvalue weighted by Crippen LogP contribution is -2.53. The summed E-state index contributed by atoms with van der Waals surface area (Å²) in [6, 6.07) is -1.26. The van der Waals surface area contributed by atoms with Crippen molar-refractivity contribution < 1.29 is 77.7 Å². The van der Waals surface area contributed by atoms with Crippen molar-refractivity contribution in [2.75, 3.05) is 144 Å². The topological polar surface area (TPSA) is 280 Å². The molecule has 0 unspecified atom stereocenters. The Balaban J connectivity index is 0.000000830. The van der Waals surface area contributed by atoms with Gasteiger partial charge in [0.2, 0.25) is 0 Å². The molecule has 0 aromatic carbocycles. The molecule has 4 N–H and O–H groups in total. The zero-order chi connectivity index (χ0) is 58.2. The van der Waals surface area contributed by atoms with Crippen molar-refractivity contribution >= 4 is 47.8 Å². The fourth-order valence-corrected chi connectivity index (χ4v) is 8.45. The van der Waals surface area contributed by atoms with Crippen LogP contribution >= 0.6 is 0 Å². The van der Waals surface area contributed by atoms with Crippen LogP contribution in [0.5, 0.6) is 0 Å². The van der Waals surface area contributed by atoms with Gasteiger partial charge in [-0.15, -0.1) is 0 Å². The highest BCUT2D eigenvalue weighted by Crippen LogP contribution is 2.17. The minimum Gasteiger partial charge on any atom is -0.480 e. The summed E-state index contributed by atoms with van der Waals surface area (Å²) in [5.74, 6) is -5.36. The number of nitrogens with zero attached hydrogens (tertiary/aromatic N) is 8. The van der Waals surface area contributed by atoms with Crippen LogP contribution in [0.4, 0.5) is 0 Å². The molecule has 0 bridgehead atoms. The third-order valence-electron chi connectivity index (χ3n) is 11.8. The molecule has 2 heterocycles. The fraction of sp³-hybridized carbons (Fsp3) is 0.846. The van der Waals surface area contributed by atoms with Gasteiger partial charge in [0.25, 0.3) is 0 Å². The summed E-state index contributed by atoms with van der Waals surface area (Å²) in [5.41, 5.74) is -2.51. The van der Waals surface area contributed by atoms with Crippen molar-refractivity contribution in [3.05, 3.63) is 0 Å². The Morgan fingerprint density at radius 3 is 0.750 bits per heavy atom. The second-order valence-electron chi connectivity index (χ2n) is 23.4. The third kappa shape index (κ3) is 32.9. The number of carboxylic acids is 4. The Morgan fingerprint density at radius 2 is 0.553 bits per heavy atom. The van der Waals surface area contributed by atoms with Crippen LogP contribution in [-0.4, -0.2) is 286 Å². The Hall–Kier alpha value is -4.56. The second-order valence-corrected chi connectivity index (χ2v) is 23.4. The third-order valence-corrected chi connectivity index (χ3v) is 11.8. The maximum atomic E-state index is 13.4. The van der Waals surface area contributed by atoms with E-state index in [9.17, 15) is 53.7 Å². The van der Waals surface area contributed by atoms with Crippen molar-refractivity contribution in [2.24, 2.45) is 0 Å². The largest absolute Gasteiger partial charge is 0.480 e. The lowest BCUT2D eigenvalue weighted by molar-refractivity contribution is -0.163. The molecule has 2 atom stereocenters. The van der Waals surface area contributed by atoms with Crippen LogP contribution in [0.1, 0.15) is 110 Å². The molecule has 0 amide bonds. The number of aliphatic carboxylic acids is 4. The van der Waals surface area contributed by atoms with Gasteiger partial charge in [-0.05, 0) is 95.9 Å². The van der Waals surface area contributed by atoms with Crippen LogP contribution in [0, 0.1) is 0 Å². The molecule has 24 heteroatoms. The van der Waals surface area contributed by atoms with Crippen LogP contribution < -0.4 is 0 Å². The first-order valence-corrected chi connectivity index (χ1v) is 26.6. The smallest absolute Gasteiger partial charge is 0.323 e. The molecule has 2 rings (SSSR count). The van der Waals surface area contributed by atoms with Gasteiger partial charge in [-0.2, -0.15) is 0 Å². The normalized spacial score (nSPS) is 19.1. The Morgan fingerprint density at radius 1 is 0.342 bits per heavy atom. The number of carbonyl (C=O) groups excluding carboxylic acids is 4. The lowest BCUT2D eigenvalue weighted by atomic mass is 10.1. The molecular weight excluding hydrogens is 993 g/mol. The molecule has 24 nitrogen and oxygen atoms in total. The molecule has 0 spiro atoms. The average Bonchev–Trinajstić information content (AvgIpc) is 3.22. The van der Waals surface area contributed by atoms with Gasteiger partial charge >= 0.3 is 47.8 Å². The van der Waals surface area contributed by atoms with Crippen molar-refractivity contribution in [1.29, 1.82) is 0 Å². The van der Waals surface area contributed by atoms with Crippen molar-refractivity contribution in [2.45, 2.75) is 144 Å². The van der Waals surface area contributed by atoms with Crippen LogP contribution in [0.15, 0.2) is 0 Å². The minimum absolute atomic E-state index is 0.0688. The van der Waals surface area contributed by atoms with E-state index < -0.39 is 58.4 Å². The van der Waals surface area contributed by atoms with Gasteiger partial charge in [0.1, 0.15) is 34.5 Å². The predicted octanol–water partition coefficient (Wildman–Crippen LogP) is 1.68. The second kappa shape index (κ2) is 33.0. The molecule has 0 saturated carbocycles. The van der Waals surface area contributed by atoms with Gasteiger partial charge in [-0.3, -0.25) is 77.6 Å². The summed E-state index contributed by atoms with van der Waals surface area (Å²) in [6.45, 7) is 31.5. The highest BCUT2D eigenvalue weighted by atomic mass is 16.6. The number of esters is 4. The van der Waals surface area contributed by atoms with Crippen molar-refractivity contribution in [1.82, 2.24) is 39.2 Å². The van der Waals surface area contributed by atoms with E-state index in [1.165, 1.54) is 0 Å². The Bertz CT molecular complexity index is 1770. The summed E-state index contributed by atoms with van der Waals surface area (Å²) in [6.07, 6.45) is 0.899. The minimum atomic E-state index is -1.02. The van der Waals surface area contributed by atoms with Gasteiger partial charge < -0.3 is 39.4 Å². The molecule has 76 heavy (non-hydrogen) atoms. The molecule has 0 aliphatic carbocycles. The molecule has 2 saturated heterocycles. The first-order valence-electron chi connectivity index (χ1n) is 26.6. The summed E-state index contributed by atoms with van der Waals surface area (Å²) < 4.78 is 22.7. The Labute approximate surface area is 451 Å². The molecule has 0 aromatic rings.